The van der Waals surface area contributed by atoms with Gasteiger partial charge in [0.1, 0.15) is 17.7 Å². The van der Waals surface area contributed by atoms with Gasteiger partial charge in [-0.3, -0.25) is 9.48 Å². The first kappa shape index (κ1) is 30.3. The SMILES string of the molecule is CCCCCCCCCCCCCCNC(=O)c1cnc(Cl)nc1Nc1cccc(-c2ncn(C)n2)c1OC. The number of hydrogen-bond donors (Lipinski definition) is 2. The van der Waals surface area contributed by atoms with Crippen LogP contribution in [0.15, 0.2) is 30.7 Å². The first-order valence-electron chi connectivity index (χ1n) is 14.1. The summed E-state index contributed by atoms with van der Waals surface area (Å²) in [7, 11) is 3.37. The van der Waals surface area contributed by atoms with Crippen LogP contribution in [0.2, 0.25) is 5.28 Å². The predicted octanol–water partition coefficient (Wildman–Crippen LogP) is 7.11. The molecular formula is C29H42ClN7O2. The fourth-order valence-corrected chi connectivity index (χ4v) is 4.64. The van der Waals surface area contributed by atoms with Gasteiger partial charge >= 0.3 is 0 Å². The summed E-state index contributed by atoms with van der Waals surface area (Å²) in [5.41, 5.74) is 1.62. The number of aryl methyl sites for hydroxylation is 1. The van der Waals surface area contributed by atoms with E-state index in [-0.39, 0.29) is 11.2 Å². The minimum absolute atomic E-state index is 0.0384. The summed E-state index contributed by atoms with van der Waals surface area (Å²) in [6.45, 7) is 2.86. The van der Waals surface area contributed by atoms with Crippen molar-refractivity contribution < 1.29 is 9.53 Å². The molecule has 1 amide bonds. The molecule has 0 unspecified atom stereocenters. The Balaban J connectivity index is 1.49. The smallest absolute Gasteiger partial charge is 0.256 e. The van der Waals surface area contributed by atoms with Crippen LogP contribution in [0.1, 0.15) is 94.3 Å². The quantitative estimate of drug-likeness (QED) is 0.127. The van der Waals surface area contributed by atoms with E-state index in [0.717, 1.165) is 12.8 Å². The molecule has 1 aromatic carbocycles. The molecule has 39 heavy (non-hydrogen) atoms. The summed E-state index contributed by atoms with van der Waals surface area (Å²) in [6.07, 6.45) is 18.4. The van der Waals surface area contributed by atoms with Crippen LogP contribution in [-0.2, 0) is 7.05 Å². The highest BCUT2D eigenvalue weighted by Crippen LogP contribution is 2.36. The zero-order valence-electron chi connectivity index (χ0n) is 23.5. The van der Waals surface area contributed by atoms with Crippen molar-refractivity contribution in [1.29, 1.82) is 0 Å². The highest BCUT2D eigenvalue weighted by molar-refractivity contribution is 6.28. The zero-order valence-corrected chi connectivity index (χ0v) is 24.3. The van der Waals surface area contributed by atoms with E-state index >= 15 is 0 Å². The van der Waals surface area contributed by atoms with Crippen molar-refractivity contribution >= 4 is 29.0 Å². The van der Waals surface area contributed by atoms with E-state index in [0.29, 0.717) is 40.8 Å². The van der Waals surface area contributed by atoms with Gasteiger partial charge in [0.15, 0.2) is 11.6 Å². The predicted molar refractivity (Wildman–Crippen MR) is 157 cm³/mol. The lowest BCUT2D eigenvalue weighted by Crippen LogP contribution is -2.25. The number of ether oxygens (including phenoxy) is 1. The molecule has 0 aliphatic rings. The maximum Gasteiger partial charge on any atom is 0.256 e. The number of amides is 1. The summed E-state index contributed by atoms with van der Waals surface area (Å²) < 4.78 is 7.29. The Bertz CT molecular complexity index is 1170. The molecule has 0 fully saturated rings. The van der Waals surface area contributed by atoms with E-state index in [4.69, 9.17) is 16.3 Å². The summed E-state index contributed by atoms with van der Waals surface area (Å²) >= 11 is 6.08. The number of methoxy groups -OCH3 is 1. The second kappa shape index (κ2) is 16.7. The van der Waals surface area contributed by atoms with Crippen LogP contribution < -0.4 is 15.4 Å². The van der Waals surface area contributed by atoms with E-state index in [9.17, 15) is 4.79 Å². The van der Waals surface area contributed by atoms with Crippen LogP contribution in [0, 0.1) is 0 Å². The largest absolute Gasteiger partial charge is 0.494 e. The maximum atomic E-state index is 13.0. The fraction of sp³-hybridized carbons (Fsp3) is 0.552. The number of para-hydroxylation sites is 1. The van der Waals surface area contributed by atoms with Crippen molar-refractivity contribution in [1.82, 2.24) is 30.0 Å². The number of benzene rings is 1. The highest BCUT2D eigenvalue weighted by atomic mass is 35.5. The lowest BCUT2D eigenvalue weighted by molar-refractivity contribution is 0.0953. The lowest BCUT2D eigenvalue weighted by atomic mass is 10.1. The number of carbonyl (C=O) groups is 1. The molecule has 0 atom stereocenters. The van der Waals surface area contributed by atoms with Crippen molar-refractivity contribution in [2.75, 3.05) is 19.0 Å². The number of anilines is 2. The van der Waals surface area contributed by atoms with Crippen molar-refractivity contribution in [3.05, 3.63) is 41.6 Å². The van der Waals surface area contributed by atoms with Gasteiger partial charge in [-0.15, -0.1) is 0 Å². The molecule has 2 heterocycles. The summed E-state index contributed by atoms with van der Waals surface area (Å²) in [5.74, 6) is 1.10. The lowest BCUT2D eigenvalue weighted by Gasteiger charge is -2.15. The average molecular weight is 556 g/mol. The highest BCUT2D eigenvalue weighted by Gasteiger charge is 2.19. The molecule has 2 N–H and O–H groups in total. The molecular weight excluding hydrogens is 514 g/mol. The third-order valence-electron chi connectivity index (χ3n) is 6.63. The Kier molecular flexibility index (Phi) is 13.0. The van der Waals surface area contributed by atoms with Crippen LogP contribution in [-0.4, -0.2) is 44.3 Å². The van der Waals surface area contributed by atoms with Crippen LogP contribution in [0.3, 0.4) is 0 Å². The van der Waals surface area contributed by atoms with E-state index in [2.05, 4.69) is 37.6 Å². The number of hydrogen-bond acceptors (Lipinski definition) is 7. The van der Waals surface area contributed by atoms with Gasteiger partial charge < -0.3 is 15.4 Å². The van der Waals surface area contributed by atoms with Gasteiger partial charge in [0, 0.05) is 19.8 Å². The minimum atomic E-state index is -0.251. The van der Waals surface area contributed by atoms with Crippen molar-refractivity contribution in [2.24, 2.45) is 7.05 Å². The molecule has 9 nitrogen and oxygen atoms in total. The minimum Gasteiger partial charge on any atom is -0.494 e. The fourth-order valence-electron chi connectivity index (χ4n) is 4.51. The Hall–Kier alpha value is -3.20. The van der Waals surface area contributed by atoms with Gasteiger partial charge in [0.2, 0.25) is 5.28 Å². The van der Waals surface area contributed by atoms with E-state index in [1.165, 1.54) is 70.4 Å². The Morgan fingerprint density at radius 1 is 0.974 bits per heavy atom. The van der Waals surface area contributed by atoms with Crippen molar-refractivity contribution in [3.63, 3.8) is 0 Å². The maximum absolute atomic E-state index is 13.0. The van der Waals surface area contributed by atoms with Crippen LogP contribution >= 0.6 is 11.6 Å². The van der Waals surface area contributed by atoms with Gasteiger partial charge in [-0.25, -0.2) is 9.97 Å². The van der Waals surface area contributed by atoms with Crippen molar-refractivity contribution in [3.8, 4) is 17.1 Å². The molecule has 0 aliphatic carbocycles. The molecule has 0 aliphatic heterocycles. The number of unbranched alkanes of at least 4 members (excludes halogenated alkanes) is 11. The molecule has 0 bridgehead atoms. The molecule has 0 radical (unpaired) electrons. The van der Waals surface area contributed by atoms with E-state index in [1.807, 2.05) is 18.2 Å². The number of nitrogens with one attached hydrogen (secondary N) is 2. The molecule has 3 aromatic rings. The van der Waals surface area contributed by atoms with Crippen LogP contribution in [0.4, 0.5) is 11.5 Å². The Labute approximate surface area is 237 Å². The monoisotopic (exact) mass is 555 g/mol. The molecule has 0 saturated carbocycles. The van der Waals surface area contributed by atoms with Crippen molar-refractivity contribution in [2.45, 2.75) is 84.0 Å². The van der Waals surface area contributed by atoms with Gasteiger partial charge in [-0.1, -0.05) is 83.6 Å². The zero-order chi connectivity index (χ0) is 27.9. The number of aromatic nitrogens is 5. The molecule has 212 valence electrons. The second-order valence-corrected chi connectivity index (χ2v) is 10.1. The van der Waals surface area contributed by atoms with Crippen LogP contribution in [0.5, 0.6) is 5.75 Å². The number of halogens is 1. The molecule has 10 heteroatoms. The number of rotatable bonds is 18. The normalized spacial score (nSPS) is 11.0. The van der Waals surface area contributed by atoms with Crippen LogP contribution in [0.25, 0.3) is 11.4 Å². The summed E-state index contributed by atoms with van der Waals surface area (Å²) in [6, 6.07) is 5.55. The molecule has 2 aromatic heterocycles. The van der Waals surface area contributed by atoms with E-state index in [1.54, 1.807) is 25.2 Å². The standard InChI is InChI=1S/C29H42ClN7O2/c1-4-5-6-7-8-9-10-11-12-13-14-15-19-31-28(38)23-20-32-29(30)35-27(23)34-24-18-16-17-22(25(24)39-3)26-33-21-37(2)36-26/h16-18,20-21H,4-15,19H2,1-3H3,(H,31,38)(H,32,34,35). The summed E-state index contributed by atoms with van der Waals surface area (Å²) in [5, 5.41) is 10.6. The van der Waals surface area contributed by atoms with Gasteiger partial charge in [0.05, 0.1) is 18.4 Å². The third kappa shape index (κ3) is 9.80. The average Bonchev–Trinajstić information content (AvgIpc) is 3.37. The summed E-state index contributed by atoms with van der Waals surface area (Å²) in [4.78, 5) is 25.6. The molecule has 3 rings (SSSR count). The van der Waals surface area contributed by atoms with Gasteiger partial charge in [-0.05, 0) is 30.2 Å². The second-order valence-electron chi connectivity index (χ2n) is 9.80. The van der Waals surface area contributed by atoms with Gasteiger partial charge in [-0.2, -0.15) is 10.1 Å². The first-order valence-corrected chi connectivity index (χ1v) is 14.5. The van der Waals surface area contributed by atoms with Gasteiger partial charge in [0.25, 0.3) is 5.91 Å². The number of nitrogens with zero attached hydrogens (tertiary/aromatic N) is 5. The molecule has 0 saturated heterocycles. The Morgan fingerprint density at radius 2 is 1.64 bits per heavy atom. The van der Waals surface area contributed by atoms with E-state index < -0.39 is 0 Å². The Morgan fingerprint density at radius 3 is 2.26 bits per heavy atom. The third-order valence-corrected chi connectivity index (χ3v) is 6.81. The first-order chi connectivity index (χ1) is 19.0. The topological polar surface area (TPSA) is 107 Å². The number of carbonyl (C=O) groups excluding carboxylic acids is 1. The molecule has 0 spiro atoms.